The number of carbonyl (C=O) groups excluding carboxylic acids is 2. The highest BCUT2D eigenvalue weighted by Crippen LogP contribution is 2.23. The Morgan fingerprint density at radius 3 is 2.25 bits per heavy atom. The predicted octanol–water partition coefficient (Wildman–Crippen LogP) is 2.68. The Balaban J connectivity index is 1.53. The molecule has 3 rings (SSSR count). The van der Waals surface area contributed by atoms with Crippen molar-refractivity contribution < 1.29 is 27.5 Å². The third-order valence-corrected chi connectivity index (χ3v) is 6.32. The van der Waals surface area contributed by atoms with E-state index < -0.39 is 15.8 Å². The minimum Gasteiger partial charge on any atom is -0.497 e. The second kappa shape index (κ2) is 8.43. The predicted molar refractivity (Wildman–Crippen MR) is 104 cm³/mol. The first kappa shape index (κ1) is 19.9. The number of benzene rings is 2. The van der Waals surface area contributed by atoms with Gasteiger partial charge in [-0.2, -0.15) is 0 Å². The quantitative estimate of drug-likeness (QED) is 0.588. The maximum absolute atomic E-state index is 12.3. The molecule has 0 radical (unpaired) electrons. The normalized spacial score (nSPS) is 17.7. The third kappa shape index (κ3) is 5.32. The van der Waals surface area contributed by atoms with Gasteiger partial charge in [0.1, 0.15) is 11.5 Å². The van der Waals surface area contributed by atoms with E-state index in [1.807, 2.05) is 0 Å². The summed E-state index contributed by atoms with van der Waals surface area (Å²) in [7, 11) is -1.45. The fraction of sp³-hybridized carbons (Fsp3) is 0.300. The largest absolute Gasteiger partial charge is 0.497 e. The number of sulfone groups is 1. The first-order valence-electron chi connectivity index (χ1n) is 8.81. The maximum Gasteiger partial charge on any atom is 0.311 e. The van der Waals surface area contributed by atoms with Gasteiger partial charge in [0, 0.05) is 17.7 Å². The van der Waals surface area contributed by atoms with Gasteiger partial charge in [-0.05, 0) is 60.9 Å². The van der Waals surface area contributed by atoms with Crippen molar-refractivity contribution >= 4 is 27.4 Å². The standard InChI is InChI=1S/C20H21NO6S/c1-26-17-8-4-16(5-9-17)21-20(23)15-2-6-18(7-3-15)27-19(22)12-14-10-11-28(24,25)13-14/h2-9,14H,10-13H2,1H3,(H,21,23). The summed E-state index contributed by atoms with van der Waals surface area (Å²) in [6.07, 6.45) is 0.556. The van der Waals surface area contributed by atoms with Crippen molar-refractivity contribution in [1.29, 1.82) is 0 Å². The van der Waals surface area contributed by atoms with Crippen LogP contribution in [0.5, 0.6) is 11.5 Å². The number of hydrogen-bond donors (Lipinski definition) is 1. The van der Waals surface area contributed by atoms with Gasteiger partial charge in [0.15, 0.2) is 9.84 Å². The van der Waals surface area contributed by atoms with Crippen LogP contribution in [-0.2, 0) is 14.6 Å². The zero-order valence-electron chi connectivity index (χ0n) is 15.4. The van der Waals surface area contributed by atoms with Gasteiger partial charge in [-0.3, -0.25) is 9.59 Å². The van der Waals surface area contributed by atoms with E-state index in [0.717, 1.165) is 0 Å². The Morgan fingerprint density at radius 1 is 1.04 bits per heavy atom. The van der Waals surface area contributed by atoms with Gasteiger partial charge in [-0.15, -0.1) is 0 Å². The van der Waals surface area contributed by atoms with Crippen LogP contribution < -0.4 is 14.8 Å². The number of hydrogen-bond acceptors (Lipinski definition) is 6. The molecule has 0 saturated carbocycles. The summed E-state index contributed by atoms with van der Waals surface area (Å²) in [6.45, 7) is 0. The molecule has 28 heavy (non-hydrogen) atoms. The maximum atomic E-state index is 12.3. The smallest absolute Gasteiger partial charge is 0.311 e. The van der Waals surface area contributed by atoms with E-state index in [-0.39, 0.29) is 29.8 Å². The summed E-state index contributed by atoms with van der Waals surface area (Å²) in [5, 5.41) is 2.77. The van der Waals surface area contributed by atoms with Crippen molar-refractivity contribution in [3.05, 3.63) is 54.1 Å². The Hall–Kier alpha value is -2.87. The summed E-state index contributed by atoms with van der Waals surface area (Å²) in [5.41, 5.74) is 1.05. The molecule has 1 atom stereocenters. The molecule has 1 unspecified atom stereocenters. The molecular formula is C20H21NO6S. The van der Waals surface area contributed by atoms with E-state index in [2.05, 4.69) is 5.32 Å². The molecule has 0 bridgehead atoms. The molecule has 1 fully saturated rings. The Labute approximate surface area is 163 Å². The minimum atomic E-state index is -3.02. The summed E-state index contributed by atoms with van der Waals surface area (Å²) in [4.78, 5) is 24.3. The highest BCUT2D eigenvalue weighted by atomic mass is 32.2. The number of rotatable bonds is 6. The van der Waals surface area contributed by atoms with Gasteiger partial charge in [0.05, 0.1) is 18.6 Å². The molecule has 0 aromatic heterocycles. The Morgan fingerprint density at radius 2 is 1.68 bits per heavy atom. The lowest BCUT2D eigenvalue weighted by atomic mass is 10.1. The van der Waals surface area contributed by atoms with Crippen LogP contribution >= 0.6 is 0 Å². The van der Waals surface area contributed by atoms with Crippen LogP contribution in [0, 0.1) is 5.92 Å². The van der Waals surface area contributed by atoms with Crippen LogP contribution in [0.4, 0.5) is 5.69 Å². The molecule has 0 spiro atoms. The lowest BCUT2D eigenvalue weighted by Crippen LogP contribution is -2.15. The summed E-state index contributed by atoms with van der Waals surface area (Å²) in [6, 6.07) is 13.1. The monoisotopic (exact) mass is 403 g/mol. The molecule has 7 nitrogen and oxygen atoms in total. The second-order valence-electron chi connectivity index (χ2n) is 6.65. The van der Waals surface area contributed by atoms with Crippen molar-refractivity contribution in [2.75, 3.05) is 23.9 Å². The van der Waals surface area contributed by atoms with Gasteiger partial charge >= 0.3 is 5.97 Å². The molecule has 1 saturated heterocycles. The number of carbonyl (C=O) groups is 2. The van der Waals surface area contributed by atoms with E-state index in [9.17, 15) is 18.0 Å². The van der Waals surface area contributed by atoms with E-state index in [0.29, 0.717) is 29.2 Å². The molecule has 2 aromatic carbocycles. The fourth-order valence-electron chi connectivity index (χ4n) is 2.99. The lowest BCUT2D eigenvalue weighted by molar-refractivity contribution is -0.135. The van der Waals surface area contributed by atoms with Crippen molar-refractivity contribution in [3.8, 4) is 11.5 Å². The van der Waals surface area contributed by atoms with Crippen LogP contribution in [0.3, 0.4) is 0 Å². The van der Waals surface area contributed by atoms with Gasteiger partial charge in [-0.1, -0.05) is 0 Å². The third-order valence-electron chi connectivity index (χ3n) is 4.48. The molecule has 8 heteroatoms. The van der Waals surface area contributed by atoms with Crippen molar-refractivity contribution in [3.63, 3.8) is 0 Å². The number of esters is 1. The first-order valence-corrected chi connectivity index (χ1v) is 10.6. The Kier molecular flexibility index (Phi) is 5.99. The molecule has 1 heterocycles. The first-order chi connectivity index (χ1) is 13.3. The zero-order chi connectivity index (χ0) is 20.1. The average Bonchev–Trinajstić information content (AvgIpc) is 3.01. The van der Waals surface area contributed by atoms with Crippen LogP contribution in [-0.4, -0.2) is 38.9 Å². The van der Waals surface area contributed by atoms with Crippen LogP contribution in [0.25, 0.3) is 0 Å². The second-order valence-corrected chi connectivity index (χ2v) is 8.88. The highest BCUT2D eigenvalue weighted by Gasteiger charge is 2.30. The number of amides is 1. The number of ether oxygens (including phenoxy) is 2. The molecule has 2 aromatic rings. The molecule has 1 amide bonds. The summed E-state index contributed by atoms with van der Waals surface area (Å²) >= 11 is 0. The fourth-order valence-corrected chi connectivity index (χ4v) is 4.86. The van der Waals surface area contributed by atoms with Gasteiger partial charge in [0.2, 0.25) is 0 Å². The van der Waals surface area contributed by atoms with E-state index in [1.54, 1.807) is 43.5 Å². The number of methoxy groups -OCH3 is 1. The van der Waals surface area contributed by atoms with Crippen molar-refractivity contribution in [1.82, 2.24) is 0 Å². The highest BCUT2D eigenvalue weighted by molar-refractivity contribution is 7.91. The number of nitrogens with one attached hydrogen (secondary N) is 1. The molecule has 148 valence electrons. The van der Waals surface area contributed by atoms with Crippen molar-refractivity contribution in [2.24, 2.45) is 5.92 Å². The summed E-state index contributed by atoms with van der Waals surface area (Å²) in [5.74, 6) is 0.213. The molecule has 1 aliphatic heterocycles. The topological polar surface area (TPSA) is 98.8 Å². The van der Waals surface area contributed by atoms with Gasteiger partial charge in [-0.25, -0.2) is 8.42 Å². The molecule has 0 aliphatic carbocycles. The van der Waals surface area contributed by atoms with Crippen LogP contribution in [0.15, 0.2) is 48.5 Å². The van der Waals surface area contributed by atoms with Gasteiger partial charge < -0.3 is 14.8 Å². The molecule has 1 N–H and O–H groups in total. The van der Waals surface area contributed by atoms with Gasteiger partial charge in [0.25, 0.3) is 5.91 Å². The van der Waals surface area contributed by atoms with E-state index in [4.69, 9.17) is 9.47 Å². The van der Waals surface area contributed by atoms with Crippen LogP contribution in [0.2, 0.25) is 0 Å². The number of anilines is 1. The summed E-state index contributed by atoms with van der Waals surface area (Å²) < 4.78 is 33.2. The molecule has 1 aliphatic rings. The minimum absolute atomic E-state index is 0.0343. The van der Waals surface area contributed by atoms with Crippen LogP contribution in [0.1, 0.15) is 23.2 Å². The lowest BCUT2D eigenvalue weighted by Gasteiger charge is -2.09. The van der Waals surface area contributed by atoms with E-state index in [1.165, 1.54) is 12.1 Å². The Bertz CT molecular complexity index is 951. The average molecular weight is 403 g/mol. The zero-order valence-corrected chi connectivity index (χ0v) is 16.2. The van der Waals surface area contributed by atoms with Crippen molar-refractivity contribution in [2.45, 2.75) is 12.8 Å². The SMILES string of the molecule is COc1ccc(NC(=O)c2ccc(OC(=O)CC3CCS(=O)(=O)C3)cc2)cc1. The molecular weight excluding hydrogens is 382 g/mol. The van der Waals surface area contributed by atoms with E-state index >= 15 is 0 Å².